The fraction of sp³-hybridized carbons (Fsp3) is 0.500. The van der Waals surface area contributed by atoms with Gasteiger partial charge in [-0.15, -0.1) is 0 Å². The predicted octanol–water partition coefficient (Wildman–Crippen LogP) is 2.03. The number of benzene rings is 1. The third-order valence-corrected chi connectivity index (χ3v) is 2.75. The molecule has 0 bridgehead atoms. The van der Waals surface area contributed by atoms with Crippen LogP contribution in [0.15, 0.2) is 24.3 Å². The van der Waals surface area contributed by atoms with Crippen molar-refractivity contribution in [2.45, 2.75) is 32.3 Å². The highest BCUT2D eigenvalue weighted by molar-refractivity contribution is 5.75. The van der Waals surface area contributed by atoms with Crippen molar-refractivity contribution < 1.29 is 14.6 Å². The molecule has 0 saturated heterocycles. The minimum atomic E-state index is -0.500. The van der Waals surface area contributed by atoms with Crippen LogP contribution in [0.4, 0.5) is 0 Å². The number of ether oxygens (including phenoxy) is 1. The van der Waals surface area contributed by atoms with Gasteiger partial charge < -0.3 is 15.2 Å². The molecule has 0 radical (unpaired) electrons. The van der Waals surface area contributed by atoms with Crippen LogP contribution in [0.1, 0.15) is 37.9 Å². The van der Waals surface area contributed by atoms with Crippen molar-refractivity contribution in [2.24, 2.45) is 0 Å². The van der Waals surface area contributed by atoms with Crippen LogP contribution >= 0.6 is 0 Å². The van der Waals surface area contributed by atoms with Crippen LogP contribution in [0.3, 0.4) is 0 Å². The number of para-hydroxylation sites is 1. The highest BCUT2D eigenvalue weighted by Gasteiger charge is 2.10. The van der Waals surface area contributed by atoms with E-state index < -0.39 is 6.10 Å². The molecule has 1 atom stereocenters. The average Bonchev–Trinajstić information content (AvgIpc) is 2.42. The maximum absolute atomic E-state index is 11.0. The highest BCUT2D eigenvalue weighted by Crippen LogP contribution is 2.26. The lowest BCUT2D eigenvalue weighted by Crippen LogP contribution is -2.18. The van der Waals surface area contributed by atoms with Crippen LogP contribution in [0.2, 0.25) is 0 Å². The minimum absolute atomic E-state index is 0.0143. The molecule has 0 heterocycles. The topological polar surface area (TPSA) is 58.6 Å². The first-order chi connectivity index (χ1) is 8.69. The van der Waals surface area contributed by atoms with Crippen molar-refractivity contribution in [2.75, 3.05) is 13.7 Å². The molecule has 0 aliphatic carbocycles. The van der Waals surface area contributed by atoms with Crippen molar-refractivity contribution in [1.82, 2.24) is 5.32 Å². The number of aliphatic hydroxyl groups excluding tert-OH is 1. The van der Waals surface area contributed by atoms with E-state index >= 15 is 0 Å². The molecule has 0 aliphatic heterocycles. The van der Waals surface area contributed by atoms with E-state index in [9.17, 15) is 9.90 Å². The first-order valence-corrected chi connectivity index (χ1v) is 6.29. The zero-order valence-corrected chi connectivity index (χ0v) is 11.0. The molecule has 1 aromatic carbocycles. The summed E-state index contributed by atoms with van der Waals surface area (Å²) in [6, 6.07) is 7.46. The molecule has 2 N–H and O–H groups in total. The summed E-state index contributed by atoms with van der Waals surface area (Å²) in [7, 11) is 1.62. The van der Waals surface area contributed by atoms with Crippen LogP contribution < -0.4 is 10.1 Å². The first-order valence-electron chi connectivity index (χ1n) is 6.29. The molecule has 0 aromatic heterocycles. The Bertz CT molecular complexity index is 379. The Morgan fingerprint density at radius 3 is 2.83 bits per heavy atom. The van der Waals surface area contributed by atoms with Gasteiger partial charge in [-0.2, -0.15) is 0 Å². The first kappa shape index (κ1) is 14.5. The SMILES string of the molecule is CC[C@@H](O)c1ccccc1OCCCC(=O)NC. The molecule has 0 aliphatic rings. The van der Waals surface area contributed by atoms with Crippen LogP contribution in [0.25, 0.3) is 0 Å². The Kier molecular flexibility index (Phi) is 6.22. The van der Waals surface area contributed by atoms with Gasteiger partial charge in [0.2, 0.25) is 5.91 Å². The van der Waals surface area contributed by atoms with E-state index in [0.29, 0.717) is 31.6 Å². The standard InChI is InChI=1S/C14H21NO3/c1-3-12(16)11-7-4-5-8-13(11)18-10-6-9-14(17)15-2/h4-5,7-8,12,16H,3,6,9-10H2,1-2H3,(H,15,17)/t12-/m1/s1. The fourth-order valence-electron chi connectivity index (χ4n) is 1.65. The smallest absolute Gasteiger partial charge is 0.219 e. The van der Waals surface area contributed by atoms with Crippen LogP contribution in [0, 0.1) is 0 Å². The zero-order valence-electron chi connectivity index (χ0n) is 11.0. The Balaban J connectivity index is 2.49. The number of rotatable bonds is 7. The monoisotopic (exact) mass is 251 g/mol. The molecular formula is C14H21NO3. The fourth-order valence-corrected chi connectivity index (χ4v) is 1.65. The third-order valence-electron chi connectivity index (χ3n) is 2.75. The second kappa shape index (κ2) is 7.71. The van der Waals surface area contributed by atoms with E-state index in [2.05, 4.69) is 5.32 Å². The van der Waals surface area contributed by atoms with Gasteiger partial charge in [0, 0.05) is 19.0 Å². The number of amides is 1. The number of hydrogen-bond acceptors (Lipinski definition) is 3. The van der Waals surface area contributed by atoms with Gasteiger partial charge in [0.15, 0.2) is 0 Å². The molecule has 0 unspecified atom stereocenters. The average molecular weight is 251 g/mol. The van der Waals surface area contributed by atoms with Gasteiger partial charge in [-0.25, -0.2) is 0 Å². The minimum Gasteiger partial charge on any atom is -0.493 e. The Hall–Kier alpha value is -1.55. The lowest BCUT2D eigenvalue weighted by Gasteiger charge is -2.14. The van der Waals surface area contributed by atoms with Gasteiger partial charge in [0.05, 0.1) is 12.7 Å². The summed E-state index contributed by atoms with van der Waals surface area (Å²) in [6.45, 7) is 2.40. The van der Waals surface area contributed by atoms with Crippen molar-refractivity contribution in [3.05, 3.63) is 29.8 Å². The second-order valence-corrected chi connectivity index (χ2v) is 4.09. The van der Waals surface area contributed by atoms with E-state index in [1.54, 1.807) is 7.05 Å². The van der Waals surface area contributed by atoms with Gasteiger partial charge in [-0.3, -0.25) is 4.79 Å². The Morgan fingerprint density at radius 1 is 1.44 bits per heavy atom. The van der Waals surface area contributed by atoms with Crippen molar-refractivity contribution >= 4 is 5.91 Å². The van der Waals surface area contributed by atoms with E-state index in [0.717, 1.165) is 5.56 Å². The largest absolute Gasteiger partial charge is 0.493 e. The molecule has 18 heavy (non-hydrogen) atoms. The van der Waals surface area contributed by atoms with Gasteiger partial charge in [-0.1, -0.05) is 25.1 Å². The van der Waals surface area contributed by atoms with Gasteiger partial charge in [-0.05, 0) is 18.9 Å². The summed E-state index contributed by atoms with van der Waals surface area (Å²) in [4.78, 5) is 11.0. The maximum Gasteiger partial charge on any atom is 0.219 e. The van der Waals surface area contributed by atoms with Crippen LogP contribution in [-0.4, -0.2) is 24.7 Å². The summed E-state index contributed by atoms with van der Waals surface area (Å²) >= 11 is 0. The zero-order chi connectivity index (χ0) is 13.4. The molecule has 1 amide bonds. The summed E-state index contributed by atoms with van der Waals surface area (Å²) in [6.07, 6.45) is 1.27. The molecule has 4 heteroatoms. The molecule has 0 spiro atoms. The number of carbonyl (C=O) groups excluding carboxylic acids is 1. The van der Waals surface area contributed by atoms with Crippen LogP contribution in [-0.2, 0) is 4.79 Å². The molecule has 1 rings (SSSR count). The molecule has 0 fully saturated rings. The molecule has 100 valence electrons. The second-order valence-electron chi connectivity index (χ2n) is 4.09. The lowest BCUT2D eigenvalue weighted by molar-refractivity contribution is -0.120. The summed E-state index contributed by atoms with van der Waals surface area (Å²) in [5, 5.41) is 12.4. The quantitative estimate of drug-likeness (QED) is 0.729. The predicted molar refractivity (Wildman–Crippen MR) is 70.5 cm³/mol. The third kappa shape index (κ3) is 4.37. The summed E-state index contributed by atoms with van der Waals surface area (Å²) in [5.41, 5.74) is 0.806. The van der Waals surface area contributed by atoms with E-state index in [1.165, 1.54) is 0 Å². The van der Waals surface area contributed by atoms with Crippen molar-refractivity contribution in [1.29, 1.82) is 0 Å². The summed E-state index contributed by atoms with van der Waals surface area (Å²) < 4.78 is 5.62. The summed E-state index contributed by atoms with van der Waals surface area (Å²) in [5.74, 6) is 0.712. The molecular weight excluding hydrogens is 230 g/mol. The number of hydrogen-bond donors (Lipinski definition) is 2. The maximum atomic E-state index is 11.0. The Labute approximate surface area is 108 Å². The highest BCUT2D eigenvalue weighted by atomic mass is 16.5. The normalized spacial score (nSPS) is 11.9. The number of nitrogens with one attached hydrogen (secondary N) is 1. The van der Waals surface area contributed by atoms with E-state index in [4.69, 9.17) is 4.74 Å². The molecule has 0 saturated carbocycles. The van der Waals surface area contributed by atoms with Crippen LogP contribution in [0.5, 0.6) is 5.75 Å². The van der Waals surface area contributed by atoms with Gasteiger partial charge in [0.25, 0.3) is 0 Å². The number of carbonyl (C=O) groups is 1. The van der Waals surface area contributed by atoms with Gasteiger partial charge in [0.1, 0.15) is 5.75 Å². The molecule has 1 aromatic rings. The van der Waals surface area contributed by atoms with E-state index in [1.807, 2.05) is 31.2 Å². The van der Waals surface area contributed by atoms with E-state index in [-0.39, 0.29) is 5.91 Å². The van der Waals surface area contributed by atoms with Crippen molar-refractivity contribution in [3.8, 4) is 5.75 Å². The Morgan fingerprint density at radius 2 is 2.17 bits per heavy atom. The molecule has 4 nitrogen and oxygen atoms in total. The number of aliphatic hydroxyl groups is 1. The van der Waals surface area contributed by atoms with Gasteiger partial charge >= 0.3 is 0 Å². The lowest BCUT2D eigenvalue weighted by atomic mass is 10.1. The van der Waals surface area contributed by atoms with Crippen molar-refractivity contribution in [3.63, 3.8) is 0 Å².